The number of benzene rings is 2. The van der Waals surface area contributed by atoms with E-state index in [1.165, 1.54) is 34.7 Å². The second-order valence-electron chi connectivity index (χ2n) is 8.35. The van der Waals surface area contributed by atoms with Crippen LogP contribution in [-0.2, 0) is 9.47 Å². The molecule has 33 heavy (non-hydrogen) atoms. The third-order valence-electron chi connectivity index (χ3n) is 3.12. The van der Waals surface area contributed by atoms with Gasteiger partial charge in [-0.15, -0.1) is 0 Å². The van der Waals surface area contributed by atoms with Crippen molar-refractivity contribution in [3.63, 3.8) is 0 Å². The first-order valence-electron chi connectivity index (χ1n) is 14.9. The fraction of sp³-hybridized carbons (Fsp3) is 0.462. The van der Waals surface area contributed by atoms with Crippen molar-refractivity contribution in [3.8, 4) is 0 Å². The number of rotatable bonds is 3. The Labute approximate surface area is 227 Å². The second-order valence-corrected chi connectivity index (χ2v) is 8.89. The van der Waals surface area contributed by atoms with Gasteiger partial charge in [0.2, 0.25) is 0 Å². The Bertz CT molecular complexity index is 1130. The van der Waals surface area contributed by atoms with Crippen LogP contribution in [0, 0.1) is 0 Å². The predicted molar refractivity (Wildman–Crippen MR) is 147 cm³/mol. The Hall–Kier alpha value is -2.29. The highest BCUT2D eigenvalue weighted by Gasteiger charge is 2.21. The van der Waals surface area contributed by atoms with Crippen LogP contribution in [0.5, 0.6) is 0 Å². The highest BCUT2D eigenvalue weighted by Crippen LogP contribution is 2.17. The van der Waals surface area contributed by atoms with Crippen molar-refractivity contribution in [1.82, 2.24) is 0 Å². The molecule has 2 aromatic carbocycles. The number of amides is 2. The lowest BCUT2D eigenvalue weighted by molar-refractivity contribution is 0.0580. The fourth-order valence-electron chi connectivity index (χ4n) is 2.04. The van der Waals surface area contributed by atoms with Gasteiger partial charge in [-0.05, 0) is 77.0 Å². The summed E-state index contributed by atoms with van der Waals surface area (Å²) in [5, 5.41) is 2.64. The van der Waals surface area contributed by atoms with Gasteiger partial charge in [-0.2, -0.15) is 0 Å². The summed E-state index contributed by atoms with van der Waals surface area (Å²) in [6.07, 6.45) is -1.47. The van der Waals surface area contributed by atoms with Crippen LogP contribution in [0.4, 0.5) is 21.0 Å². The molecule has 0 atom stereocenters. The van der Waals surface area contributed by atoms with Gasteiger partial charge in [0.15, 0.2) is 0 Å². The Morgan fingerprint density at radius 3 is 1.82 bits per heavy atom. The molecule has 184 valence electrons. The zero-order valence-electron chi connectivity index (χ0n) is 29.7. The van der Waals surface area contributed by atoms with Crippen molar-refractivity contribution < 1.29 is 32.8 Å². The lowest BCUT2D eigenvalue weighted by Crippen LogP contribution is -2.36. The van der Waals surface area contributed by atoms with Gasteiger partial charge in [0, 0.05) is 31.6 Å². The number of halogens is 1. The number of hydrogen-bond donors (Lipinski definition) is 1. The first-order valence-corrected chi connectivity index (χ1v) is 11.0. The van der Waals surface area contributed by atoms with Gasteiger partial charge in [-0.1, -0.05) is 65.8 Å². The van der Waals surface area contributed by atoms with E-state index in [9.17, 15) is 9.59 Å². The topological polar surface area (TPSA) is 67.9 Å². The summed E-state index contributed by atoms with van der Waals surface area (Å²) in [6.45, 7) is 1.97. The van der Waals surface area contributed by atoms with Crippen molar-refractivity contribution in [1.29, 1.82) is 0 Å². The molecule has 2 amide bonds. The van der Waals surface area contributed by atoms with Gasteiger partial charge in [0.05, 0.1) is 0 Å². The minimum absolute atomic E-state index is 0.118. The van der Waals surface area contributed by atoms with E-state index in [0.717, 1.165) is 5.69 Å². The van der Waals surface area contributed by atoms with Crippen molar-refractivity contribution in [3.05, 3.63) is 60.7 Å². The molecule has 0 saturated carbocycles. The molecule has 0 unspecified atom stereocenters. The zero-order valence-corrected chi connectivity index (χ0v) is 21.9. The average molecular weight is 581 g/mol. The number of anilines is 2. The van der Waals surface area contributed by atoms with E-state index in [0.29, 0.717) is 4.90 Å². The fourth-order valence-corrected chi connectivity index (χ4v) is 2.04. The lowest BCUT2D eigenvalue weighted by atomic mass is 10.2. The summed E-state index contributed by atoms with van der Waals surface area (Å²) >= 11 is 1.25. The number of alkyl halides is 1. The lowest BCUT2D eigenvalue weighted by Gasteiger charge is -2.26. The van der Waals surface area contributed by atoms with Crippen LogP contribution in [0.2, 0.25) is 0 Å². The predicted octanol–water partition coefficient (Wildman–Crippen LogP) is 7.92. The van der Waals surface area contributed by atoms with Gasteiger partial charge in [-0.25, -0.2) is 9.59 Å². The molecule has 7 heteroatoms. The first-order chi connectivity index (χ1) is 19.1. The minimum Gasteiger partial charge on any atom is -0.444 e. The molecule has 0 saturated heterocycles. The molecule has 2 rings (SSSR count). The van der Waals surface area contributed by atoms with Crippen LogP contribution >= 0.6 is 22.6 Å². The summed E-state index contributed by atoms with van der Waals surface area (Å²) in [5.74, 6) is 0. The number of para-hydroxylation sites is 2. The van der Waals surface area contributed by atoms with Crippen LogP contribution in [0.25, 0.3) is 0 Å². The Morgan fingerprint density at radius 2 is 1.39 bits per heavy atom. The molecule has 0 aromatic heterocycles. The Balaban J connectivity index is 0.000000688. The largest absolute Gasteiger partial charge is 0.444 e. The standard InChI is InChI=1S/C13H19NO2.C11H15NO2.C2H5I/c1-5-14(11-9-7-6-8-10-11)12(15)16-13(2,3)4;1-11(2,3)14-10(13)12-9-7-5-4-6-8-9;1-2-3/h6-10H,5H2,1-4H3;4-8H,1-3H3,(H,12,13);2H2,1H3/i1D3,5D2;;1D3,2D2. The molecule has 0 spiro atoms. The van der Waals surface area contributed by atoms with Crippen LogP contribution in [0.1, 0.15) is 69.0 Å². The normalized spacial score (nSPS) is 16.6. The molecule has 0 aliphatic heterocycles. The van der Waals surface area contributed by atoms with E-state index in [-0.39, 0.29) is 5.69 Å². The Kier molecular flexibility index (Phi) is 8.09. The SMILES string of the molecule is CC(C)(C)OC(=O)Nc1ccccc1.[2H]C([2H])([2H])C([2H])([2H])I.[2H]C([2H])([2H])C([2H])([2H])N(C(=O)OC(C)(C)C)c1ccccc1. The van der Waals surface area contributed by atoms with Crippen LogP contribution in [-0.4, -0.2) is 34.3 Å². The molecule has 6 nitrogen and oxygen atoms in total. The average Bonchev–Trinajstić information content (AvgIpc) is 2.76. The van der Waals surface area contributed by atoms with E-state index in [1.807, 2.05) is 51.1 Å². The molecule has 0 fully saturated rings. The quantitative estimate of drug-likeness (QED) is 0.296. The molecule has 0 aliphatic rings. The molecule has 1 N–H and O–H groups in total. The van der Waals surface area contributed by atoms with Crippen molar-refractivity contribution in [2.24, 2.45) is 0 Å². The Morgan fingerprint density at radius 1 is 0.909 bits per heavy atom. The van der Waals surface area contributed by atoms with Crippen LogP contribution in [0.15, 0.2) is 60.7 Å². The minimum atomic E-state index is -3.01. The maximum atomic E-state index is 12.3. The van der Waals surface area contributed by atoms with E-state index in [1.54, 1.807) is 39.0 Å². The number of ether oxygens (including phenoxy) is 2. The van der Waals surface area contributed by atoms with Gasteiger partial charge < -0.3 is 9.47 Å². The molecule has 0 radical (unpaired) electrons. The van der Waals surface area contributed by atoms with Gasteiger partial charge in [0.25, 0.3) is 0 Å². The van der Waals surface area contributed by atoms with Crippen LogP contribution < -0.4 is 10.2 Å². The maximum absolute atomic E-state index is 12.3. The highest BCUT2D eigenvalue weighted by molar-refractivity contribution is 14.1. The molecule has 2 aromatic rings. The van der Waals surface area contributed by atoms with Crippen molar-refractivity contribution in [2.45, 2.75) is 66.4 Å². The number of hydrogen-bond acceptors (Lipinski definition) is 4. The number of carbonyl (C=O) groups is 2. The first kappa shape index (κ1) is 17.2. The molecular weight excluding hydrogens is 531 g/mol. The maximum Gasteiger partial charge on any atom is 0.414 e. The third kappa shape index (κ3) is 16.0. The number of carbonyl (C=O) groups excluding carboxylic acids is 2. The van der Waals surface area contributed by atoms with E-state index in [2.05, 4.69) is 5.32 Å². The number of nitrogens with one attached hydrogen (secondary N) is 1. The van der Waals surface area contributed by atoms with Gasteiger partial charge in [0.1, 0.15) is 11.2 Å². The third-order valence-corrected chi connectivity index (χ3v) is 3.12. The summed E-state index contributed by atoms with van der Waals surface area (Å²) < 4.78 is 78.8. The molecule has 0 bridgehead atoms. The van der Waals surface area contributed by atoms with E-state index >= 15 is 0 Å². The monoisotopic (exact) mass is 580 g/mol. The zero-order chi connectivity index (χ0) is 34.1. The summed E-state index contributed by atoms with van der Waals surface area (Å²) in [6, 6.07) is 17.0. The smallest absolute Gasteiger partial charge is 0.414 e. The van der Waals surface area contributed by atoms with Crippen molar-refractivity contribution in [2.75, 3.05) is 21.1 Å². The van der Waals surface area contributed by atoms with E-state index in [4.69, 9.17) is 23.2 Å². The number of nitrogens with zero attached hydrogens (tertiary/aromatic N) is 1. The summed E-state index contributed by atoms with van der Waals surface area (Å²) in [4.78, 5) is 24.1. The van der Waals surface area contributed by atoms with Crippen LogP contribution in [0.3, 0.4) is 0 Å². The summed E-state index contributed by atoms with van der Waals surface area (Å²) in [7, 11) is 0. The molecular formula is C26H39IN2O4. The second kappa shape index (κ2) is 15.5. The van der Waals surface area contributed by atoms with E-state index < -0.39 is 48.0 Å². The molecule has 0 aliphatic carbocycles. The van der Waals surface area contributed by atoms with Gasteiger partial charge in [-0.3, -0.25) is 10.2 Å². The summed E-state index contributed by atoms with van der Waals surface area (Å²) in [5.41, 5.74) is -0.469. The van der Waals surface area contributed by atoms with Crippen molar-refractivity contribution >= 4 is 46.2 Å². The highest BCUT2D eigenvalue weighted by atomic mass is 127. The molecule has 0 heterocycles. The van der Waals surface area contributed by atoms with Gasteiger partial charge >= 0.3 is 12.2 Å².